The van der Waals surface area contributed by atoms with Gasteiger partial charge in [0.15, 0.2) is 0 Å². The second-order valence-electron chi connectivity index (χ2n) is 7.13. The van der Waals surface area contributed by atoms with Gasteiger partial charge in [-0.2, -0.15) is 0 Å². The summed E-state index contributed by atoms with van der Waals surface area (Å²) < 4.78 is 5.28. The third-order valence-corrected chi connectivity index (χ3v) is 4.25. The van der Waals surface area contributed by atoms with E-state index < -0.39 is 0 Å². The van der Waals surface area contributed by atoms with Crippen LogP contribution in [0.1, 0.15) is 105 Å². The summed E-state index contributed by atoms with van der Waals surface area (Å²) in [5, 5.41) is 0. The zero-order valence-electron chi connectivity index (χ0n) is 16.7. The lowest BCUT2D eigenvalue weighted by Gasteiger charge is -2.04. The molecule has 0 bridgehead atoms. The van der Waals surface area contributed by atoms with Crippen LogP contribution in [-0.2, 0) is 9.53 Å². The average Bonchev–Trinajstić information content (AvgIpc) is 2.53. The largest absolute Gasteiger partial charge is 0.461 e. The van der Waals surface area contributed by atoms with Crippen LogP contribution in [0.4, 0.5) is 0 Å². The Morgan fingerprint density at radius 1 is 0.792 bits per heavy atom. The van der Waals surface area contributed by atoms with Crippen molar-refractivity contribution in [2.24, 2.45) is 0 Å². The minimum absolute atomic E-state index is 0.0497. The van der Waals surface area contributed by atoms with Gasteiger partial charge in [-0.1, -0.05) is 75.5 Å². The van der Waals surface area contributed by atoms with Crippen LogP contribution in [0.2, 0.25) is 0 Å². The first-order valence-electron chi connectivity index (χ1n) is 10.0. The third kappa shape index (κ3) is 17.3. The standard InChI is InChI=1S/C22H40O2/c1-5-6-7-8-9-10-11-12-13-17-22(23)24-19-18-21(4)16-14-15-20(2)3/h15,18H,5-14,16-17,19H2,1-4H3. The van der Waals surface area contributed by atoms with Crippen molar-refractivity contribution in [3.05, 3.63) is 23.3 Å². The van der Waals surface area contributed by atoms with Crippen LogP contribution in [0.25, 0.3) is 0 Å². The Hall–Kier alpha value is -1.05. The van der Waals surface area contributed by atoms with Gasteiger partial charge >= 0.3 is 5.97 Å². The first-order chi connectivity index (χ1) is 11.6. The van der Waals surface area contributed by atoms with E-state index in [0.717, 1.165) is 25.7 Å². The quantitative estimate of drug-likeness (QED) is 0.180. The fourth-order valence-corrected chi connectivity index (χ4v) is 2.62. The molecule has 0 aromatic heterocycles. The van der Waals surface area contributed by atoms with Gasteiger partial charge in [-0.05, 0) is 46.1 Å². The van der Waals surface area contributed by atoms with Crippen molar-refractivity contribution in [2.45, 2.75) is 105 Å². The first-order valence-corrected chi connectivity index (χ1v) is 10.0. The SMILES string of the molecule is CCCCCCCCCCCC(=O)OCC=C(C)CCC=C(C)C. The van der Waals surface area contributed by atoms with E-state index in [4.69, 9.17) is 4.74 Å². The molecule has 0 atom stereocenters. The number of carbonyl (C=O) groups is 1. The molecule has 2 heteroatoms. The van der Waals surface area contributed by atoms with E-state index in [1.54, 1.807) is 0 Å². The van der Waals surface area contributed by atoms with Crippen molar-refractivity contribution in [3.63, 3.8) is 0 Å². The Morgan fingerprint density at radius 3 is 1.96 bits per heavy atom. The molecule has 0 rings (SSSR count). The highest BCUT2D eigenvalue weighted by Gasteiger charge is 2.01. The highest BCUT2D eigenvalue weighted by atomic mass is 16.5. The fourth-order valence-electron chi connectivity index (χ4n) is 2.62. The molecule has 0 fully saturated rings. The van der Waals surface area contributed by atoms with Crippen molar-refractivity contribution >= 4 is 5.97 Å². The molecule has 0 aliphatic rings. The van der Waals surface area contributed by atoms with E-state index in [-0.39, 0.29) is 5.97 Å². The summed E-state index contributed by atoms with van der Waals surface area (Å²) in [5.74, 6) is -0.0497. The van der Waals surface area contributed by atoms with E-state index in [1.165, 1.54) is 56.1 Å². The van der Waals surface area contributed by atoms with E-state index in [1.807, 2.05) is 6.08 Å². The van der Waals surface area contributed by atoms with Crippen LogP contribution in [-0.4, -0.2) is 12.6 Å². The molecule has 0 aromatic rings. The molecule has 140 valence electrons. The van der Waals surface area contributed by atoms with Gasteiger partial charge in [0.1, 0.15) is 6.61 Å². The first kappa shape index (κ1) is 22.9. The smallest absolute Gasteiger partial charge is 0.306 e. The summed E-state index contributed by atoms with van der Waals surface area (Å²) in [4.78, 5) is 11.7. The molecule has 0 saturated carbocycles. The number of carbonyl (C=O) groups excluding carboxylic acids is 1. The van der Waals surface area contributed by atoms with Crippen LogP contribution in [0, 0.1) is 0 Å². The van der Waals surface area contributed by atoms with Crippen molar-refractivity contribution in [3.8, 4) is 0 Å². The Bertz CT molecular complexity index is 362. The maximum absolute atomic E-state index is 11.7. The van der Waals surface area contributed by atoms with Crippen LogP contribution in [0.15, 0.2) is 23.3 Å². The number of ether oxygens (including phenoxy) is 1. The fraction of sp³-hybridized carbons (Fsp3) is 0.773. The summed E-state index contributed by atoms with van der Waals surface area (Å²) in [5.41, 5.74) is 2.65. The molecule has 24 heavy (non-hydrogen) atoms. The normalized spacial score (nSPS) is 11.4. The number of rotatable bonds is 15. The monoisotopic (exact) mass is 336 g/mol. The molecular weight excluding hydrogens is 296 g/mol. The maximum Gasteiger partial charge on any atom is 0.306 e. The topological polar surface area (TPSA) is 26.3 Å². The molecular formula is C22H40O2. The minimum Gasteiger partial charge on any atom is -0.461 e. The molecule has 2 nitrogen and oxygen atoms in total. The van der Waals surface area contributed by atoms with Gasteiger partial charge in [0.05, 0.1) is 0 Å². The summed E-state index contributed by atoms with van der Waals surface area (Å²) >= 11 is 0. The zero-order chi connectivity index (χ0) is 18.0. The summed E-state index contributed by atoms with van der Waals surface area (Å²) in [7, 11) is 0. The second kappa shape index (κ2) is 16.8. The van der Waals surface area contributed by atoms with Crippen LogP contribution >= 0.6 is 0 Å². The van der Waals surface area contributed by atoms with E-state index in [2.05, 4.69) is 33.8 Å². The lowest BCUT2D eigenvalue weighted by molar-refractivity contribution is -0.142. The number of hydrogen-bond acceptors (Lipinski definition) is 2. The zero-order valence-corrected chi connectivity index (χ0v) is 16.7. The Balaban J connectivity index is 3.48. The minimum atomic E-state index is -0.0497. The number of esters is 1. The van der Waals surface area contributed by atoms with Gasteiger partial charge in [-0.3, -0.25) is 4.79 Å². The summed E-state index contributed by atoms with van der Waals surface area (Å²) in [6, 6.07) is 0. The van der Waals surface area contributed by atoms with Gasteiger partial charge in [0, 0.05) is 6.42 Å². The number of allylic oxidation sites excluding steroid dienone is 3. The maximum atomic E-state index is 11.7. The molecule has 0 amide bonds. The lowest BCUT2D eigenvalue weighted by atomic mass is 10.1. The Labute approximate surface area is 150 Å². The van der Waals surface area contributed by atoms with Crippen LogP contribution in [0.5, 0.6) is 0 Å². The van der Waals surface area contributed by atoms with Crippen molar-refractivity contribution in [1.82, 2.24) is 0 Å². The van der Waals surface area contributed by atoms with Gasteiger partial charge in [0.2, 0.25) is 0 Å². The predicted octanol–water partition coefficient (Wildman–Crippen LogP) is 7.14. The van der Waals surface area contributed by atoms with Crippen LogP contribution in [0.3, 0.4) is 0 Å². The van der Waals surface area contributed by atoms with Gasteiger partial charge in [-0.25, -0.2) is 0 Å². The Kier molecular flexibility index (Phi) is 16.1. The molecule has 0 heterocycles. The van der Waals surface area contributed by atoms with Crippen molar-refractivity contribution in [1.29, 1.82) is 0 Å². The van der Waals surface area contributed by atoms with E-state index in [0.29, 0.717) is 13.0 Å². The summed E-state index contributed by atoms with van der Waals surface area (Å²) in [6.07, 6.45) is 18.4. The van der Waals surface area contributed by atoms with Gasteiger partial charge < -0.3 is 4.74 Å². The van der Waals surface area contributed by atoms with Crippen molar-refractivity contribution in [2.75, 3.05) is 6.61 Å². The molecule has 0 saturated heterocycles. The lowest BCUT2D eigenvalue weighted by Crippen LogP contribution is -2.04. The van der Waals surface area contributed by atoms with E-state index >= 15 is 0 Å². The molecule has 0 aromatic carbocycles. The molecule has 0 aliphatic heterocycles. The van der Waals surface area contributed by atoms with Gasteiger partial charge in [0.25, 0.3) is 0 Å². The highest BCUT2D eigenvalue weighted by Crippen LogP contribution is 2.11. The predicted molar refractivity (Wildman–Crippen MR) is 105 cm³/mol. The molecule has 0 aliphatic carbocycles. The Morgan fingerprint density at radius 2 is 1.38 bits per heavy atom. The average molecular weight is 337 g/mol. The van der Waals surface area contributed by atoms with Crippen LogP contribution < -0.4 is 0 Å². The number of hydrogen-bond donors (Lipinski definition) is 0. The molecule has 0 unspecified atom stereocenters. The molecule has 0 radical (unpaired) electrons. The molecule has 0 spiro atoms. The van der Waals surface area contributed by atoms with Crippen molar-refractivity contribution < 1.29 is 9.53 Å². The third-order valence-electron chi connectivity index (χ3n) is 4.25. The molecule has 0 N–H and O–H groups in total. The second-order valence-corrected chi connectivity index (χ2v) is 7.13. The number of unbranched alkanes of at least 4 members (excludes halogenated alkanes) is 8. The van der Waals surface area contributed by atoms with Gasteiger partial charge in [-0.15, -0.1) is 0 Å². The highest BCUT2D eigenvalue weighted by molar-refractivity contribution is 5.69. The van der Waals surface area contributed by atoms with E-state index in [9.17, 15) is 4.79 Å². The summed E-state index contributed by atoms with van der Waals surface area (Å²) in [6.45, 7) is 9.02.